The van der Waals surface area contributed by atoms with E-state index >= 15 is 0 Å². The fraction of sp³-hybridized carbons (Fsp3) is 0.500. The Kier molecular flexibility index (Phi) is 5.18. The molecular formula is C18H25N5. The van der Waals surface area contributed by atoms with E-state index in [1.54, 1.807) is 0 Å². The molecule has 0 amide bonds. The lowest BCUT2D eigenvalue weighted by Crippen LogP contribution is -2.43. The SMILES string of the molecule is CCc1ccc(CN(C)C2CCN(c3ncccn3)CC2)nc1. The van der Waals surface area contributed by atoms with Gasteiger partial charge < -0.3 is 4.90 Å². The first kappa shape index (κ1) is 15.9. The zero-order chi connectivity index (χ0) is 16.1. The second kappa shape index (κ2) is 7.51. The van der Waals surface area contributed by atoms with Crippen LogP contribution < -0.4 is 4.90 Å². The number of aromatic nitrogens is 3. The van der Waals surface area contributed by atoms with E-state index in [4.69, 9.17) is 0 Å². The summed E-state index contributed by atoms with van der Waals surface area (Å²) < 4.78 is 0. The van der Waals surface area contributed by atoms with Crippen LogP contribution in [0.3, 0.4) is 0 Å². The second-order valence-electron chi connectivity index (χ2n) is 6.19. The maximum Gasteiger partial charge on any atom is 0.225 e. The van der Waals surface area contributed by atoms with Crippen molar-refractivity contribution >= 4 is 5.95 Å². The highest BCUT2D eigenvalue weighted by Gasteiger charge is 2.23. The van der Waals surface area contributed by atoms with Gasteiger partial charge in [-0.25, -0.2) is 9.97 Å². The minimum atomic E-state index is 0.600. The summed E-state index contributed by atoms with van der Waals surface area (Å²) in [5.74, 6) is 0.852. The topological polar surface area (TPSA) is 45.2 Å². The van der Waals surface area contributed by atoms with Crippen LogP contribution in [0.4, 0.5) is 5.95 Å². The number of hydrogen-bond donors (Lipinski definition) is 0. The van der Waals surface area contributed by atoms with Crippen LogP contribution in [-0.2, 0) is 13.0 Å². The minimum absolute atomic E-state index is 0.600. The Morgan fingerprint density at radius 3 is 2.48 bits per heavy atom. The van der Waals surface area contributed by atoms with Gasteiger partial charge in [0, 0.05) is 44.3 Å². The molecule has 122 valence electrons. The van der Waals surface area contributed by atoms with Gasteiger partial charge >= 0.3 is 0 Å². The molecule has 1 aliphatic heterocycles. The van der Waals surface area contributed by atoms with E-state index < -0.39 is 0 Å². The van der Waals surface area contributed by atoms with Crippen molar-refractivity contribution < 1.29 is 0 Å². The summed E-state index contributed by atoms with van der Waals surface area (Å²) in [6, 6.07) is 6.80. The van der Waals surface area contributed by atoms with Crippen molar-refractivity contribution in [2.75, 3.05) is 25.0 Å². The van der Waals surface area contributed by atoms with E-state index in [-0.39, 0.29) is 0 Å². The minimum Gasteiger partial charge on any atom is -0.341 e. The molecule has 1 aliphatic rings. The standard InChI is InChI=1S/C18H25N5/c1-3-15-5-6-16(21-13-15)14-22(2)17-7-11-23(12-8-17)18-19-9-4-10-20-18/h4-6,9-10,13,17H,3,7-8,11-12,14H2,1-2H3. The Labute approximate surface area is 138 Å². The van der Waals surface area contributed by atoms with Crippen LogP contribution >= 0.6 is 0 Å². The average molecular weight is 311 g/mol. The third-order valence-corrected chi connectivity index (χ3v) is 4.63. The number of pyridine rings is 1. The molecule has 0 aromatic carbocycles. The van der Waals surface area contributed by atoms with E-state index in [1.807, 2.05) is 24.7 Å². The first-order chi connectivity index (χ1) is 11.3. The summed E-state index contributed by atoms with van der Waals surface area (Å²) in [6.07, 6.45) is 8.95. The fourth-order valence-corrected chi connectivity index (χ4v) is 3.10. The lowest BCUT2D eigenvalue weighted by molar-refractivity contribution is 0.198. The predicted molar refractivity (Wildman–Crippen MR) is 92.3 cm³/mol. The molecule has 0 unspecified atom stereocenters. The Bertz CT molecular complexity index is 591. The molecule has 3 rings (SSSR count). The maximum atomic E-state index is 4.57. The van der Waals surface area contributed by atoms with Gasteiger partial charge in [-0.2, -0.15) is 0 Å². The molecule has 0 aliphatic carbocycles. The first-order valence-corrected chi connectivity index (χ1v) is 8.42. The van der Waals surface area contributed by atoms with Gasteiger partial charge in [0.05, 0.1) is 5.69 Å². The van der Waals surface area contributed by atoms with E-state index in [9.17, 15) is 0 Å². The van der Waals surface area contributed by atoms with Gasteiger partial charge in [-0.15, -0.1) is 0 Å². The zero-order valence-electron chi connectivity index (χ0n) is 14.0. The van der Waals surface area contributed by atoms with Gasteiger partial charge in [-0.3, -0.25) is 9.88 Å². The van der Waals surface area contributed by atoms with Gasteiger partial charge in [0.1, 0.15) is 0 Å². The zero-order valence-corrected chi connectivity index (χ0v) is 14.0. The van der Waals surface area contributed by atoms with Gasteiger partial charge in [0.2, 0.25) is 5.95 Å². The van der Waals surface area contributed by atoms with Crippen molar-refractivity contribution in [3.05, 3.63) is 48.0 Å². The molecule has 0 atom stereocenters. The van der Waals surface area contributed by atoms with Crippen LogP contribution in [0, 0.1) is 0 Å². The molecule has 1 saturated heterocycles. The summed E-state index contributed by atoms with van der Waals surface area (Å²) >= 11 is 0. The molecule has 0 spiro atoms. The van der Waals surface area contributed by atoms with Gasteiger partial charge in [-0.05, 0) is 44.0 Å². The highest BCUT2D eigenvalue weighted by molar-refractivity contribution is 5.29. The number of piperidine rings is 1. The molecule has 1 fully saturated rings. The van der Waals surface area contributed by atoms with Crippen molar-refractivity contribution in [1.29, 1.82) is 0 Å². The molecule has 0 radical (unpaired) electrons. The third kappa shape index (κ3) is 4.05. The molecule has 2 aromatic rings. The Balaban J connectivity index is 1.52. The van der Waals surface area contributed by atoms with Crippen molar-refractivity contribution in [2.24, 2.45) is 0 Å². The lowest BCUT2D eigenvalue weighted by Gasteiger charge is -2.36. The van der Waals surface area contributed by atoms with Crippen LogP contribution in [0.5, 0.6) is 0 Å². The number of rotatable bonds is 5. The summed E-state index contributed by atoms with van der Waals surface area (Å²) in [5, 5.41) is 0. The second-order valence-corrected chi connectivity index (χ2v) is 6.19. The summed E-state index contributed by atoms with van der Waals surface area (Å²) in [7, 11) is 2.20. The van der Waals surface area contributed by atoms with Gasteiger partial charge in [0.15, 0.2) is 0 Å². The van der Waals surface area contributed by atoms with Crippen LogP contribution in [0.25, 0.3) is 0 Å². The molecule has 5 heteroatoms. The number of nitrogens with zero attached hydrogens (tertiary/aromatic N) is 5. The van der Waals surface area contributed by atoms with Crippen LogP contribution in [0.15, 0.2) is 36.8 Å². The summed E-state index contributed by atoms with van der Waals surface area (Å²) in [4.78, 5) is 18.0. The Hall–Kier alpha value is -2.01. The van der Waals surface area contributed by atoms with E-state index in [1.165, 1.54) is 5.56 Å². The fourth-order valence-electron chi connectivity index (χ4n) is 3.10. The Morgan fingerprint density at radius 2 is 1.87 bits per heavy atom. The highest BCUT2D eigenvalue weighted by Crippen LogP contribution is 2.19. The number of hydrogen-bond acceptors (Lipinski definition) is 5. The molecule has 0 saturated carbocycles. The summed E-state index contributed by atoms with van der Waals surface area (Å²) in [6.45, 7) is 5.10. The first-order valence-electron chi connectivity index (χ1n) is 8.42. The molecule has 0 N–H and O–H groups in total. The average Bonchev–Trinajstić information content (AvgIpc) is 2.63. The third-order valence-electron chi connectivity index (χ3n) is 4.63. The van der Waals surface area contributed by atoms with Crippen LogP contribution in [-0.4, -0.2) is 46.0 Å². The van der Waals surface area contributed by atoms with E-state index in [0.29, 0.717) is 6.04 Å². The largest absolute Gasteiger partial charge is 0.341 e. The normalized spacial score (nSPS) is 16.0. The molecule has 23 heavy (non-hydrogen) atoms. The van der Waals surface area contributed by atoms with Crippen molar-refractivity contribution in [3.8, 4) is 0 Å². The predicted octanol–water partition coefficient (Wildman–Crippen LogP) is 2.53. The highest BCUT2D eigenvalue weighted by atomic mass is 15.3. The Morgan fingerprint density at radius 1 is 1.13 bits per heavy atom. The quantitative estimate of drug-likeness (QED) is 0.849. The van der Waals surface area contributed by atoms with Gasteiger partial charge in [0.25, 0.3) is 0 Å². The summed E-state index contributed by atoms with van der Waals surface area (Å²) in [5.41, 5.74) is 2.45. The van der Waals surface area contributed by atoms with E-state index in [0.717, 1.165) is 50.5 Å². The maximum absolute atomic E-state index is 4.57. The van der Waals surface area contributed by atoms with Crippen LogP contribution in [0.1, 0.15) is 31.0 Å². The smallest absolute Gasteiger partial charge is 0.225 e. The molecule has 3 heterocycles. The number of anilines is 1. The van der Waals surface area contributed by atoms with Crippen molar-refractivity contribution in [2.45, 2.75) is 38.8 Å². The lowest BCUT2D eigenvalue weighted by atomic mass is 10.0. The molecular weight excluding hydrogens is 286 g/mol. The van der Waals surface area contributed by atoms with Crippen molar-refractivity contribution in [1.82, 2.24) is 19.9 Å². The van der Waals surface area contributed by atoms with E-state index in [2.05, 4.69) is 50.9 Å². The monoisotopic (exact) mass is 311 g/mol. The molecule has 5 nitrogen and oxygen atoms in total. The van der Waals surface area contributed by atoms with Gasteiger partial charge in [-0.1, -0.05) is 13.0 Å². The molecule has 2 aromatic heterocycles. The number of aryl methyl sites for hydroxylation is 1. The molecule has 0 bridgehead atoms. The van der Waals surface area contributed by atoms with Crippen molar-refractivity contribution in [3.63, 3.8) is 0 Å². The van der Waals surface area contributed by atoms with Crippen LogP contribution in [0.2, 0.25) is 0 Å².